The molecule has 1 saturated heterocycles. The average molecular weight is 316 g/mol. The highest BCUT2D eigenvalue weighted by Crippen LogP contribution is 2.26. The van der Waals surface area contributed by atoms with Gasteiger partial charge >= 0.3 is 0 Å². The summed E-state index contributed by atoms with van der Waals surface area (Å²) in [6, 6.07) is 3.76. The first kappa shape index (κ1) is 16.0. The highest BCUT2D eigenvalue weighted by atomic mass is 35.5. The number of rotatable bonds is 3. The molecule has 4 nitrogen and oxygen atoms in total. The van der Waals surface area contributed by atoms with E-state index in [1.165, 1.54) is 12.1 Å². The first-order valence-electron chi connectivity index (χ1n) is 6.97. The number of nitrogens with zero attached hydrogens (tertiary/aromatic N) is 1. The molecule has 3 atom stereocenters. The van der Waals surface area contributed by atoms with Crippen molar-refractivity contribution >= 4 is 17.5 Å². The number of ether oxygens (including phenoxy) is 1. The van der Waals surface area contributed by atoms with Crippen LogP contribution in [-0.2, 0) is 4.79 Å². The zero-order valence-electron chi connectivity index (χ0n) is 12.1. The number of aliphatic hydroxyl groups excluding tert-OH is 1. The first-order valence-corrected chi connectivity index (χ1v) is 7.35. The van der Waals surface area contributed by atoms with Gasteiger partial charge in [-0.05, 0) is 37.5 Å². The summed E-state index contributed by atoms with van der Waals surface area (Å²) in [7, 11) is 0. The highest BCUT2D eigenvalue weighted by molar-refractivity contribution is 6.32. The van der Waals surface area contributed by atoms with E-state index in [0.717, 1.165) is 12.5 Å². The summed E-state index contributed by atoms with van der Waals surface area (Å²) in [5.74, 6) is -0.206. The minimum absolute atomic E-state index is 0.127. The minimum Gasteiger partial charge on any atom is -0.479 e. The lowest BCUT2D eigenvalue weighted by Crippen LogP contribution is -2.49. The number of aliphatic hydroxyl groups is 1. The Kier molecular flexibility index (Phi) is 5.06. The quantitative estimate of drug-likeness (QED) is 0.932. The SMILES string of the molecule is CC(Oc1ccc(F)cc1Cl)C(=O)N1CCC(C)C(O)C1. The van der Waals surface area contributed by atoms with Crippen LogP contribution in [0.25, 0.3) is 0 Å². The molecule has 6 heteroatoms. The van der Waals surface area contributed by atoms with Crippen molar-refractivity contribution in [3.8, 4) is 5.75 Å². The number of hydrogen-bond acceptors (Lipinski definition) is 3. The fraction of sp³-hybridized carbons (Fsp3) is 0.533. The monoisotopic (exact) mass is 315 g/mol. The minimum atomic E-state index is -0.742. The molecule has 1 amide bonds. The molecule has 0 radical (unpaired) electrons. The zero-order valence-corrected chi connectivity index (χ0v) is 12.8. The molecule has 1 fully saturated rings. The van der Waals surface area contributed by atoms with Crippen LogP contribution >= 0.6 is 11.6 Å². The van der Waals surface area contributed by atoms with Crippen LogP contribution in [0.1, 0.15) is 20.3 Å². The molecule has 0 aromatic heterocycles. The van der Waals surface area contributed by atoms with E-state index >= 15 is 0 Å². The third-order valence-electron chi connectivity index (χ3n) is 3.78. The number of carbonyl (C=O) groups excluding carboxylic acids is 1. The van der Waals surface area contributed by atoms with Gasteiger partial charge in [-0.3, -0.25) is 4.79 Å². The smallest absolute Gasteiger partial charge is 0.263 e. The molecule has 1 heterocycles. The van der Waals surface area contributed by atoms with Gasteiger partial charge in [0.2, 0.25) is 0 Å². The van der Waals surface area contributed by atoms with Gasteiger partial charge in [0.1, 0.15) is 11.6 Å². The van der Waals surface area contributed by atoms with Crippen LogP contribution in [-0.4, -0.2) is 41.2 Å². The van der Waals surface area contributed by atoms with E-state index in [-0.39, 0.29) is 22.6 Å². The maximum atomic E-state index is 13.0. The molecule has 3 unspecified atom stereocenters. The molecule has 1 aliphatic heterocycles. The summed E-state index contributed by atoms with van der Waals surface area (Å²) in [5.41, 5.74) is 0. The van der Waals surface area contributed by atoms with Crippen LogP contribution in [0.3, 0.4) is 0 Å². The molecule has 1 aliphatic rings. The largest absolute Gasteiger partial charge is 0.479 e. The van der Waals surface area contributed by atoms with E-state index in [0.29, 0.717) is 13.1 Å². The lowest BCUT2D eigenvalue weighted by atomic mass is 9.96. The van der Waals surface area contributed by atoms with Crippen LogP contribution in [0, 0.1) is 11.7 Å². The van der Waals surface area contributed by atoms with Crippen molar-refractivity contribution in [2.24, 2.45) is 5.92 Å². The van der Waals surface area contributed by atoms with Gasteiger partial charge in [0.05, 0.1) is 11.1 Å². The average Bonchev–Trinajstić information content (AvgIpc) is 2.44. The van der Waals surface area contributed by atoms with E-state index in [1.807, 2.05) is 6.92 Å². The second-order valence-corrected chi connectivity index (χ2v) is 5.86. The zero-order chi connectivity index (χ0) is 15.6. The normalized spacial score (nSPS) is 23.8. The number of benzene rings is 1. The number of likely N-dealkylation sites (tertiary alicyclic amines) is 1. The molecule has 0 saturated carbocycles. The molecule has 1 aromatic rings. The molecule has 1 N–H and O–H groups in total. The van der Waals surface area contributed by atoms with Crippen LogP contribution in [0.2, 0.25) is 5.02 Å². The molecule has 1 aromatic carbocycles. The number of amides is 1. The molecule has 2 rings (SSSR count). The second kappa shape index (κ2) is 6.62. The Balaban J connectivity index is 1.99. The Hall–Kier alpha value is -1.33. The number of halogens is 2. The van der Waals surface area contributed by atoms with Crippen molar-refractivity contribution in [3.05, 3.63) is 29.0 Å². The van der Waals surface area contributed by atoms with Gasteiger partial charge < -0.3 is 14.7 Å². The third kappa shape index (κ3) is 3.86. The van der Waals surface area contributed by atoms with Gasteiger partial charge in [0, 0.05) is 13.1 Å². The molecule has 0 spiro atoms. The Morgan fingerprint density at radius 3 is 2.90 bits per heavy atom. The maximum absolute atomic E-state index is 13.0. The standard InChI is InChI=1S/C15H19ClFNO3/c1-9-5-6-18(8-13(9)19)15(20)10(2)21-14-4-3-11(17)7-12(14)16/h3-4,7,9-10,13,19H,5-6,8H2,1-2H3. The maximum Gasteiger partial charge on any atom is 0.263 e. The predicted octanol–water partition coefficient (Wildman–Crippen LogP) is 2.48. The fourth-order valence-electron chi connectivity index (χ4n) is 2.32. The van der Waals surface area contributed by atoms with Gasteiger partial charge in [-0.25, -0.2) is 4.39 Å². The third-order valence-corrected chi connectivity index (χ3v) is 4.07. The summed E-state index contributed by atoms with van der Waals surface area (Å²) in [6.07, 6.45) is -0.491. The van der Waals surface area contributed by atoms with E-state index in [1.54, 1.807) is 11.8 Å². The predicted molar refractivity (Wildman–Crippen MR) is 77.9 cm³/mol. The summed E-state index contributed by atoms with van der Waals surface area (Å²) >= 11 is 5.88. The van der Waals surface area contributed by atoms with E-state index in [2.05, 4.69) is 0 Å². The summed E-state index contributed by atoms with van der Waals surface area (Å²) in [4.78, 5) is 13.9. The lowest BCUT2D eigenvalue weighted by Gasteiger charge is -2.35. The van der Waals surface area contributed by atoms with Crippen LogP contribution < -0.4 is 4.74 Å². The van der Waals surface area contributed by atoms with E-state index in [9.17, 15) is 14.3 Å². The van der Waals surface area contributed by atoms with Crippen molar-refractivity contribution in [2.45, 2.75) is 32.5 Å². The summed E-state index contributed by atoms with van der Waals surface area (Å²) in [6.45, 7) is 4.49. The van der Waals surface area contributed by atoms with Crippen molar-refractivity contribution in [1.82, 2.24) is 4.90 Å². The Bertz CT molecular complexity index is 526. The second-order valence-electron chi connectivity index (χ2n) is 5.45. The highest BCUT2D eigenvalue weighted by Gasteiger charge is 2.30. The molecule has 0 aliphatic carbocycles. The van der Waals surface area contributed by atoms with E-state index in [4.69, 9.17) is 16.3 Å². The molecular weight excluding hydrogens is 297 g/mol. The van der Waals surface area contributed by atoms with Crippen LogP contribution in [0.15, 0.2) is 18.2 Å². The van der Waals surface area contributed by atoms with Gasteiger partial charge in [-0.2, -0.15) is 0 Å². The number of β-amino-alcohol motifs (C(OH)–C–C–N with tert-alkyl or cyclic N) is 1. The number of hydrogen-bond donors (Lipinski definition) is 1. The number of piperidine rings is 1. The van der Waals surface area contributed by atoms with Crippen molar-refractivity contribution in [1.29, 1.82) is 0 Å². The molecular formula is C15H19ClFNO3. The van der Waals surface area contributed by atoms with Gasteiger partial charge in [0.25, 0.3) is 5.91 Å². The van der Waals surface area contributed by atoms with Crippen LogP contribution in [0.5, 0.6) is 5.75 Å². The van der Waals surface area contributed by atoms with E-state index < -0.39 is 18.0 Å². The first-order chi connectivity index (χ1) is 9.88. The van der Waals surface area contributed by atoms with Crippen molar-refractivity contribution in [2.75, 3.05) is 13.1 Å². The van der Waals surface area contributed by atoms with Gasteiger partial charge in [-0.1, -0.05) is 18.5 Å². The van der Waals surface area contributed by atoms with Gasteiger partial charge in [0.15, 0.2) is 6.10 Å². The van der Waals surface area contributed by atoms with Crippen molar-refractivity contribution in [3.63, 3.8) is 0 Å². The summed E-state index contributed by atoms with van der Waals surface area (Å²) in [5, 5.41) is 9.97. The topological polar surface area (TPSA) is 49.8 Å². The van der Waals surface area contributed by atoms with Crippen LogP contribution in [0.4, 0.5) is 4.39 Å². The number of carbonyl (C=O) groups is 1. The molecule has 21 heavy (non-hydrogen) atoms. The lowest BCUT2D eigenvalue weighted by molar-refractivity contribution is -0.142. The Labute approximate surface area is 128 Å². The van der Waals surface area contributed by atoms with Crippen molar-refractivity contribution < 1.29 is 19.0 Å². The molecule has 116 valence electrons. The Morgan fingerprint density at radius 2 is 2.29 bits per heavy atom. The summed E-state index contributed by atoms with van der Waals surface area (Å²) < 4.78 is 18.5. The van der Waals surface area contributed by atoms with Gasteiger partial charge in [-0.15, -0.1) is 0 Å². The molecule has 0 bridgehead atoms. The Morgan fingerprint density at radius 1 is 1.57 bits per heavy atom. The fourth-order valence-corrected chi connectivity index (χ4v) is 2.53.